The maximum absolute atomic E-state index is 12.9. The smallest absolute Gasteiger partial charge is 0.326 e. The first-order valence-corrected chi connectivity index (χ1v) is 11.1. The van der Waals surface area contributed by atoms with Gasteiger partial charge in [0.25, 0.3) is 0 Å². The molecule has 0 aliphatic heterocycles. The third-order valence-corrected chi connectivity index (χ3v) is 4.92. The lowest BCUT2D eigenvalue weighted by Crippen LogP contribution is -2.58. The molecule has 0 heterocycles. The lowest BCUT2D eigenvalue weighted by atomic mass is 9.99. The second-order valence-corrected chi connectivity index (χ2v) is 8.94. The Balaban J connectivity index is 5.51. The average Bonchev–Trinajstić information content (AvgIpc) is 2.70. The average molecular weight is 487 g/mol. The molecule has 13 heteroatoms. The number of nitrogens with two attached hydrogens (primary N) is 3. The number of nitrogens with one attached hydrogen (secondary N) is 3. The first kappa shape index (κ1) is 30.8. The summed E-state index contributed by atoms with van der Waals surface area (Å²) in [7, 11) is 0. The largest absolute Gasteiger partial charge is 0.480 e. The molecule has 34 heavy (non-hydrogen) atoms. The second-order valence-electron chi connectivity index (χ2n) is 8.94. The maximum Gasteiger partial charge on any atom is 0.326 e. The fourth-order valence-corrected chi connectivity index (χ4v) is 3.04. The molecule has 0 rings (SSSR count). The molecule has 13 nitrogen and oxygen atoms in total. The first-order valence-electron chi connectivity index (χ1n) is 11.1. The van der Waals surface area contributed by atoms with E-state index in [1.165, 1.54) is 0 Å². The molecular formula is C21H38N6O7. The summed E-state index contributed by atoms with van der Waals surface area (Å²) in [6, 6.07) is -4.63. The van der Waals surface area contributed by atoms with Crippen LogP contribution in [0.4, 0.5) is 0 Å². The predicted molar refractivity (Wildman–Crippen MR) is 123 cm³/mol. The van der Waals surface area contributed by atoms with Crippen LogP contribution in [0.1, 0.15) is 59.8 Å². The molecule has 4 atom stereocenters. The van der Waals surface area contributed by atoms with Gasteiger partial charge < -0.3 is 38.3 Å². The van der Waals surface area contributed by atoms with Crippen LogP contribution in [0.15, 0.2) is 0 Å². The molecule has 0 aromatic carbocycles. The van der Waals surface area contributed by atoms with E-state index in [4.69, 9.17) is 17.2 Å². The van der Waals surface area contributed by atoms with E-state index in [0.29, 0.717) is 6.42 Å². The number of primary amides is 2. The van der Waals surface area contributed by atoms with Gasteiger partial charge in [0.15, 0.2) is 0 Å². The third kappa shape index (κ3) is 12.1. The minimum absolute atomic E-state index is 0.158. The molecule has 0 aromatic rings. The lowest BCUT2D eigenvalue weighted by molar-refractivity contribution is -0.143. The lowest BCUT2D eigenvalue weighted by Gasteiger charge is -2.27. The molecule has 0 aromatic heterocycles. The molecular weight excluding hydrogens is 448 g/mol. The molecule has 0 bridgehead atoms. The Morgan fingerprint density at radius 3 is 1.62 bits per heavy atom. The molecule has 0 aliphatic carbocycles. The van der Waals surface area contributed by atoms with Gasteiger partial charge in [0.1, 0.15) is 18.1 Å². The minimum atomic E-state index is -1.44. The summed E-state index contributed by atoms with van der Waals surface area (Å²) in [4.78, 5) is 71.7. The number of rotatable bonds is 16. The molecule has 0 radical (unpaired) electrons. The van der Waals surface area contributed by atoms with E-state index in [1.807, 2.05) is 13.8 Å². The van der Waals surface area contributed by atoms with Crippen molar-refractivity contribution in [3.8, 4) is 0 Å². The number of amides is 5. The Morgan fingerprint density at radius 1 is 0.735 bits per heavy atom. The fourth-order valence-electron chi connectivity index (χ4n) is 3.04. The highest BCUT2D eigenvalue weighted by Gasteiger charge is 2.32. The molecule has 0 fully saturated rings. The highest BCUT2D eigenvalue weighted by Crippen LogP contribution is 2.08. The molecule has 4 unspecified atom stereocenters. The van der Waals surface area contributed by atoms with Gasteiger partial charge in [-0.1, -0.05) is 27.7 Å². The van der Waals surface area contributed by atoms with Crippen molar-refractivity contribution in [1.82, 2.24) is 16.0 Å². The van der Waals surface area contributed by atoms with Gasteiger partial charge in [-0.15, -0.1) is 0 Å². The zero-order chi connectivity index (χ0) is 26.6. The van der Waals surface area contributed by atoms with Crippen molar-refractivity contribution in [2.75, 3.05) is 0 Å². The summed E-state index contributed by atoms with van der Waals surface area (Å²) in [6.45, 7) is 7.16. The van der Waals surface area contributed by atoms with Crippen molar-refractivity contribution < 1.29 is 33.9 Å². The van der Waals surface area contributed by atoms with Gasteiger partial charge in [-0.2, -0.15) is 0 Å². The second kappa shape index (κ2) is 14.8. The zero-order valence-electron chi connectivity index (χ0n) is 20.1. The Bertz CT molecular complexity index is 756. The molecule has 194 valence electrons. The molecule has 0 aliphatic rings. The van der Waals surface area contributed by atoms with Crippen molar-refractivity contribution in [3.63, 3.8) is 0 Å². The van der Waals surface area contributed by atoms with E-state index >= 15 is 0 Å². The van der Waals surface area contributed by atoms with Gasteiger partial charge in [-0.3, -0.25) is 24.0 Å². The quantitative estimate of drug-likeness (QED) is 0.129. The molecule has 0 saturated carbocycles. The van der Waals surface area contributed by atoms with E-state index in [0.717, 1.165) is 0 Å². The number of carbonyl (C=O) groups is 6. The van der Waals surface area contributed by atoms with Crippen LogP contribution in [0.3, 0.4) is 0 Å². The summed E-state index contributed by atoms with van der Waals surface area (Å²) in [5.41, 5.74) is 16.1. The Morgan fingerprint density at radius 2 is 1.21 bits per heavy atom. The summed E-state index contributed by atoms with van der Waals surface area (Å²) in [6.07, 6.45) is -0.612. The van der Waals surface area contributed by atoms with Crippen LogP contribution in [0.2, 0.25) is 0 Å². The minimum Gasteiger partial charge on any atom is -0.480 e. The highest BCUT2D eigenvalue weighted by atomic mass is 16.4. The van der Waals surface area contributed by atoms with Crippen LogP contribution in [-0.4, -0.2) is 64.8 Å². The Kier molecular flexibility index (Phi) is 13.4. The van der Waals surface area contributed by atoms with Crippen molar-refractivity contribution in [2.45, 2.75) is 84.0 Å². The van der Waals surface area contributed by atoms with Crippen LogP contribution in [-0.2, 0) is 28.8 Å². The van der Waals surface area contributed by atoms with Gasteiger partial charge in [0, 0.05) is 12.8 Å². The van der Waals surface area contributed by atoms with E-state index in [-0.39, 0.29) is 37.5 Å². The van der Waals surface area contributed by atoms with Crippen LogP contribution in [0, 0.1) is 11.8 Å². The number of carboxylic acid groups (broad SMARTS) is 1. The number of carbonyl (C=O) groups excluding carboxylic acids is 5. The maximum atomic E-state index is 12.9. The van der Waals surface area contributed by atoms with Crippen molar-refractivity contribution >= 4 is 35.5 Å². The monoisotopic (exact) mass is 486 g/mol. The van der Waals surface area contributed by atoms with Gasteiger partial charge in [-0.05, 0) is 31.1 Å². The molecule has 0 saturated heterocycles. The number of carboxylic acids is 1. The van der Waals surface area contributed by atoms with Gasteiger partial charge in [0.05, 0.1) is 6.04 Å². The van der Waals surface area contributed by atoms with Crippen LogP contribution < -0.4 is 33.2 Å². The topological polar surface area (TPSA) is 237 Å². The zero-order valence-corrected chi connectivity index (χ0v) is 20.1. The van der Waals surface area contributed by atoms with Gasteiger partial charge in [0.2, 0.25) is 29.5 Å². The summed E-state index contributed by atoms with van der Waals surface area (Å²) in [5.74, 6) is -5.23. The number of hydrogen-bond donors (Lipinski definition) is 7. The van der Waals surface area contributed by atoms with Crippen LogP contribution in [0.5, 0.6) is 0 Å². The van der Waals surface area contributed by atoms with E-state index in [1.54, 1.807) is 13.8 Å². The summed E-state index contributed by atoms with van der Waals surface area (Å²) >= 11 is 0. The van der Waals surface area contributed by atoms with Crippen molar-refractivity contribution in [2.24, 2.45) is 29.0 Å². The third-order valence-electron chi connectivity index (χ3n) is 4.92. The van der Waals surface area contributed by atoms with Gasteiger partial charge >= 0.3 is 5.97 Å². The predicted octanol–water partition coefficient (Wildman–Crippen LogP) is -1.91. The molecule has 0 spiro atoms. The highest BCUT2D eigenvalue weighted by molar-refractivity contribution is 5.94. The Hall–Kier alpha value is -3.22. The first-order chi connectivity index (χ1) is 15.6. The van der Waals surface area contributed by atoms with Crippen LogP contribution in [0.25, 0.3) is 0 Å². The van der Waals surface area contributed by atoms with E-state index < -0.39 is 59.7 Å². The summed E-state index contributed by atoms with van der Waals surface area (Å²) < 4.78 is 0. The van der Waals surface area contributed by atoms with E-state index in [2.05, 4.69) is 16.0 Å². The molecule has 5 amide bonds. The SMILES string of the molecule is CC(C)CC(N)C(=O)NC(C(=O)NC(CCC(N)=O)C(=O)NC(CCC(N)=O)C(=O)O)C(C)C. The van der Waals surface area contributed by atoms with E-state index in [9.17, 15) is 33.9 Å². The van der Waals surface area contributed by atoms with Crippen LogP contribution >= 0.6 is 0 Å². The standard InChI is InChI=1S/C21H38N6O7/c1-10(2)9-12(22)18(30)27-17(11(3)4)20(32)25-13(5-7-15(23)28)19(31)26-14(21(33)34)6-8-16(24)29/h10-14,17H,5-9,22H2,1-4H3,(H2,23,28)(H2,24,29)(H,25,32)(H,26,31)(H,27,30)(H,33,34). The number of hydrogen-bond acceptors (Lipinski definition) is 7. The Labute approximate surface area is 198 Å². The van der Waals surface area contributed by atoms with Crippen molar-refractivity contribution in [1.29, 1.82) is 0 Å². The summed E-state index contributed by atoms with van der Waals surface area (Å²) in [5, 5.41) is 16.6. The fraction of sp³-hybridized carbons (Fsp3) is 0.714. The van der Waals surface area contributed by atoms with Gasteiger partial charge in [-0.25, -0.2) is 4.79 Å². The molecule has 10 N–H and O–H groups in total. The van der Waals surface area contributed by atoms with Crippen molar-refractivity contribution in [3.05, 3.63) is 0 Å². The normalized spacial score (nSPS) is 14.6. The number of aliphatic carboxylic acids is 1.